The van der Waals surface area contributed by atoms with Crippen molar-refractivity contribution in [1.29, 1.82) is 0 Å². The van der Waals surface area contributed by atoms with E-state index in [2.05, 4.69) is 0 Å². The molecule has 3 N–H and O–H groups in total. The van der Waals surface area contributed by atoms with Gasteiger partial charge in [0.25, 0.3) is 0 Å². The maximum absolute atomic E-state index is 8.88. The topological polar surface area (TPSA) is 77.8 Å². The van der Waals surface area contributed by atoms with Gasteiger partial charge in [0.15, 0.2) is 0 Å². The Morgan fingerprint density at radius 2 is 1.14 bits per heavy atom. The molecule has 7 heteroatoms. The molecule has 4 nitrogen and oxygen atoms in total. The smallest absolute Gasteiger partial charge is 0.303 e. The fourth-order valence-electron chi connectivity index (χ4n) is 0. The molecule has 7 heavy (non-hydrogen) atoms. The first-order valence-electron chi connectivity index (χ1n) is 0.783. The van der Waals surface area contributed by atoms with Gasteiger partial charge in [-0.1, -0.05) is 0 Å². The zero-order chi connectivity index (χ0) is 4.50. The molecule has 2 radical (unpaired) electrons. The van der Waals surface area contributed by atoms with Gasteiger partial charge >= 0.3 is 7.82 Å². The van der Waals surface area contributed by atoms with E-state index in [-0.39, 0.29) is 68.2 Å². The van der Waals surface area contributed by atoms with E-state index in [9.17, 15) is 0 Å². The van der Waals surface area contributed by atoms with Crippen molar-refractivity contribution in [3.05, 3.63) is 0 Å². The number of rotatable bonds is 0. The quantitative estimate of drug-likeness (QED) is 0.380. The predicted molar refractivity (Wildman–Crippen MR) is 20.0 cm³/mol. The van der Waals surface area contributed by atoms with Gasteiger partial charge in [0.2, 0.25) is 0 Å². The van der Waals surface area contributed by atoms with Crippen molar-refractivity contribution in [3.8, 4) is 0 Å². The first-order chi connectivity index (χ1) is 2.00. The molecule has 0 rings (SSSR count). The standard InChI is InChI=1S/Na.H3O4P.Tb/c;1-5(2,3)4;/h;(H3,1,2,3,4);. The van der Waals surface area contributed by atoms with Gasteiger partial charge in [0.05, 0.1) is 0 Å². The maximum atomic E-state index is 8.88. The van der Waals surface area contributed by atoms with Crippen molar-refractivity contribution in [2.24, 2.45) is 0 Å². The monoisotopic (exact) mass is 280 g/mol. The molecule has 0 saturated carbocycles. The molecule has 0 aliphatic carbocycles. The van der Waals surface area contributed by atoms with Crippen LogP contribution in [0.15, 0.2) is 0 Å². The second-order valence-corrected chi connectivity index (χ2v) is 1.54. The molecule has 0 aromatic rings. The van der Waals surface area contributed by atoms with E-state index in [0.717, 1.165) is 0 Å². The summed E-state index contributed by atoms with van der Waals surface area (Å²) in [7, 11) is -4.64. The van der Waals surface area contributed by atoms with Crippen LogP contribution in [0.25, 0.3) is 0 Å². The fraction of sp³-hybridized carbons (Fsp3) is 0. The summed E-state index contributed by atoms with van der Waals surface area (Å²) < 4.78 is 8.88. The molecule has 0 aliphatic rings. The molecule has 0 spiro atoms. The Balaban J connectivity index is -0.0000000800. The Hall–Kier alpha value is 2.40. The summed E-state index contributed by atoms with van der Waals surface area (Å²) in [5.41, 5.74) is 0. The second kappa shape index (κ2) is 6.51. The molecule has 0 atom stereocenters. The van der Waals surface area contributed by atoms with Crippen molar-refractivity contribution in [3.63, 3.8) is 0 Å². The second-order valence-electron chi connectivity index (χ2n) is 0.513. The molecular weight excluding hydrogens is 277 g/mol. The van der Waals surface area contributed by atoms with Crippen molar-refractivity contribution in [2.75, 3.05) is 0 Å². The van der Waals surface area contributed by atoms with Crippen LogP contribution in [0, 0.1) is 38.6 Å². The zero-order valence-electron chi connectivity index (χ0n) is 3.53. The Kier molecular flexibility index (Phi) is 15.1. The number of hydrogen-bond acceptors (Lipinski definition) is 1. The van der Waals surface area contributed by atoms with Gasteiger partial charge in [-0.3, -0.25) is 0 Å². The van der Waals surface area contributed by atoms with Crippen molar-refractivity contribution < 1.29 is 57.9 Å². The fourth-order valence-corrected chi connectivity index (χ4v) is 0. The number of hydrogen-bond donors (Lipinski definition) is 3. The minimum Gasteiger partial charge on any atom is -0.303 e. The molecule has 0 aromatic heterocycles. The van der Waals surface area contributed by atoms with E-state index in [1.807, 2.05) is 0 Å². The Morgan fingerprint density at radius 3 is 1.14 bits per heavy atom. The van der Waals surface area contributed by atoms with Crippen LogP contribution in [0.2, 0.25) is 0 Å². The molecular formula is H3NaO4PTb. The Labute approximate surface area is 93.7 Å². The summed E-state index contributed by atoms with van der Waals surface area (Å²) in [5, 5.41) is 0. The summed E-state index contributed by atoms with van der Waals surface area (Å²) in [6.45, 7) is 0. The molecule has 0 aromatic carbocycles. The number of phosphoric acid groups is 1. The molecule has 0 unspecified atom stereocenters. The van der Waals surface area contributed by atoms with Crippen molar-refractivity contribution >= 4 is 37.4 Å². The van der Waals surface area contributed by atoms with Gasteiger partial charge in [0, 0.05) is 68.2 Å². The third-order valence-electron chi connectivity index (χ3n) is 0. The van der Waals surface area contributed by atoms with E-state index in [1.54, 1.807) is 0 Å². The third-order valence-corrected chi connectivity index (χ3v) is 0. The SMILES string of the molecule is O=P(O)(O)O.[Na].[Tb]. The average molecular weight is 280 g/mol. The predicted octanol–water partition coefficient (Wildman–Crippen LogP) is -1.31. The summed E-state index contributed by atoms with van der Waals surface area (Å²) >= 11 is 0. The van der Waals surface area contributed by atoms with Crippen LogP contribution in [0.4, 0.5) is 0 Å². The molecule has 0 fully saturated rings. The molecule has 0 aliphatic heterocycles. The largest absolute Gasteiger partial charge is 0.466 e. The van der Waals surface area contributed by atoms with Crippen LogP contribution in [-0.4, -0.2) is 44.2 Å². The maximum Gasteiger partial charge on any atom is 0.466 e. The summed E-state index contributed by atoms with van der Waals surface area (Å²) in [5.74, 6) is 0. The first kappa shape index (κ1) is 16.2. The van der Waals surface area contributed by atoms with Crippen LogP contribution in [0.5, 0.6) is 0 Å². The molecule has 0 amide bonds. The summed E-state index contributed by atoms with van der Waals surface area (Å²) in [4.78, 5) is 21.6. The average Bonchev–Trinajstić information content (AvgIpc) is 0.722. The zero-order valence-corrected chi connectivity index (χ0v) is 8.56. The van der Waals surface area contributed by atoms with Crippen LogP contribution in [0.3, 0.4) is 0 Å². The van der Waals surface area contributed by atoms with Gasteiger partial charge in [-0.05, 0) is 0 Å². The van der Waals surface area contributed by atoms with E-state index >= 15 is 0 Å². The Bertz CT molecular complexity index is 57.8. The van der Waals surface area contributed by atoms with Crippen LogP contribution < -0.4 is 0 Å². The normalized spacial score (nSPS) is 8.43. The van der Waals surface area contributed by atoms with Crippen LogP contribution in [0.1, 0.15) is 0 Å². The van der Waals surface area contributed by atoms with E-state index < -0.39 is 7.82 Å². The third kappa shape index (κ3) is 59.8. The van der Waals surface area contributed by atoms with E-state index in [4.69, 9.17) is 19.2 Å². The van der Waals surface area contributed by atoms with E-state index in [0.29, 0.717) is 0 Å². The minimum atomic E-state index is -4.64. The minimum absolute atomic E-state index is 0. The Morgan fingerprint density at radius 1 is 1.14 bits per heavy atom. The molecule has 42 valence electrons. The van der Waals surface area contributed by atoms with Crippen LogP contribution >= 0.6 is 7.82 Å². The van der Waals surface area contributed by atoms with Gasteiger partial charge in [-0.25, -0.2) is 4.57 Å². The van der Waals surface area contributed by atoms with E-state index in [1.165, 1.54) is 0 Å². The van der Waals surface area contributed by atoms with Gasteiger partial charge in [-0.15, -0.1) is 0 Å². The van der Waals surface area contributed by atoms with Crippen molar-refractivity contribution in [2.45, 2.75) is 0 Å². The van der Waals surface area contributed by atoms with Gasteiger partial charge < -0.3 is 14.7 Å². The first-order valence-corrected chi connectivity index (χ1v) is 2.35. The summed E-state index contributed by atoms with van der Waals surface area (Å²) in [6, 6.07) is 0. The molecule has 0 heterocycles. The molecule has 0 bridgehead atoms. The van der Waals surface area contributed by atoms with Gasteiger partial charge in [-0.2, -0.15) is 0 Å². The summed E-state index contributed by atoms with van der Waals surface area (Å²) in [6.07, 6.45) is 0. The van der Waals surface area contributed by atoms with Crippen LogP contribution in [-0.2, 0) is 4.57 Å². The molecule has 0 saturated heterocycles. The van der Waals surface area contributed by atoms with Crippen molar-refractivity contribution in [1.82, 2.24) is 0 Å². The van der Waals surface area contributed by atoms with Gasteiger partial charge in [0.1, 0.15) is 0 Å².